The van der Waals surface area contributed by atoms with Gasteiger partial charge in [0, 0.05) is 9.80 Å². The summed E-state index contributed by atoms with van der Waals surface area (Å²) in [7, 11) is 0. The van der Waals surface area contributed by atoms with Crippen molar-refractivity contribution in [3.8, 4) is 0 Å². The second-order valence-corrected chi connectivity index (χ2v) is 6.94. The molecule has 22 heavy (non-hydrogen) atoms. The molecule has 1 nitrogen and oxygen atoms in total. The smallest absolute Gasteiger partial charge is 0.0845 e. The van der Waals surface area contributed by atoms with Crippen LogP contribution in [0.25, 0.3) is 0 Å². The van der Waals surface area contributed by atoms with Crippen molar-refractivity contribution in [3.05, 3.63) is 54.5 Å². The van der Waals surface area contributed by atoms with E-state index in [0.29, 0.717) is 0 Å². The third kappa shape index (κ3) is 9.11. The number of hydrogen-bond acceptors (Lipinski definition) is 2. The van der Waals surface area contributed by atoms with Crippen LogP contribution in [0, 0.1) is 0 Å². The molecule has 0 amide bonds. The van der Waals surface area contributed by atoms with E-state index >= 15 is 0 Å². The van der Waals surface area contributed by atoms with E-state index < -0.39 is 6.10 Å². The highest BCUT2D eigenvalue weighted by molar-refractivity contribution is 8.03. The molecule has 0 aromatic heterocycles. The monoisotopic (exact) mass is 318 g/mol. The molecule has 1 unspecified atom stereocenters. The lowest BCUT2D eigenvalue weighted by atomic mass is 10.1. The maximum Gasteiger partial charge on any atom is 0.0845 e. The Kier molecular flexibility index (Phi) is 10.9. The van der Waals surface area contributed by atoms with Crippen molar-refractivity contribution in [2.45, 2.75) is 68.8 Å². The summed E-state index contributed by atoms with van der Waals surface area (Å²) in [5, 5.41) is 10.1. The van der Waals surface area contributed by atoms with Gasteiger partial charge in [0.2, 0.25) is 0 Å². The predicted molar refractivity (Wildman–Crippen MR) is 99.2 cm³/mol. The van der Waals surface area contributed by atoms with Crippen LogP contribution in [0.4, 0.5) is 0 Å². The number of benzene rings is 1. The Bertz CT molecular complexity index is 413. The minimum absolute atomic E-state index is 0.391. The van der Waals surface area contributed by atoms with Crippen molar-refractivity contribution in [3.63, 3.8) is 0 Å². The van der Waals surface area contributed by atoms with Crippen LogP contribution >= 0.6 is 11.8 Å². The summed E-state index contributed by atoms with van der Waals surface area (Å²) < 4.78 is 0. The van der Waals surface area contributed by atoms with Gasteiger partial charge in [-0.2, -0.15) is 0 Å². The number of rotatable bonds is 13. The largest absolute Gasteiger partial charge is 0.388 e. The Balaban J connectivity index is 2.02. The number of aliphatic hydroxyl groups excluding tert-OH is 1. The molecule has 2 heteroatoms. The first-order valence-corrected chi connectivity index (χ1v) is 9.26. The highest BCUT2D eigenvalue weighted by Crippen LogP contribution is 2.29. The molecule has 0 saturated heterocycles. The van der Waals surface area contributed by atoms with Crippen LogP contribution in [-0.4, -0.2) is 11.2 Å². The lowest BCUT2D eigenvalue weighted by Gasteiger charge is -2.13. The van der Waals surface area contributed by atoms with Gasteiger partial charge in [0.25, 0.3) is 0 Å². The summed E-state index contributed by atoms with van der Waals surface area (Å²) in [6.07, 6.45) is 12.4. The molecule has 0 aliphatic rings. The van der Waals surface area contributed by atoms with Crippen LogP contribution in [0.1, 0.15) is 57.8 Å². The molecule has 1 N–H and O–H groups in total. The quantitative estimate of drug-likeness (QED) is 0.260. The van der Waals surface area contributed by atoms with Crippen LogP contribution in [0.15, 0.2) is 59.4 Å². The second-order valence-electron chi connectivity index (χ2n) is 5.74. The average molecular weight is 319 g/mol. The van der Waals surface area contributed by atoms with Crippen molar-refractivity contribution in [1.29, 1.82) is 0 Å². The Hall–Kier alpha value is -0.990. The van der Waals surface area contributed by atoms with Crippen molar-refractivity contribution < 1.29 is 5.11 Å². The number of hydrogen-bond donors (Lipinski definition) is 1. The molecule has 0 radical (unpaired) electrons. The van der Waals surface area contributed by atoms with E-state index in [4.69, 9.17) is 0 Å². The van der Waals surface area contributed by atoms with E-state index in [1.165, 1.54) is 38.5 Å². The van der Waals surface area contributed by atoms with Crippen LogP contribution in [0.3, 0.4) is 0 Å². The lowest BCUT2D eigenvalue weighted by molar-refractivity contribution is 0.204. The van der Waals surface area contributed by atoms with Gasteiger partial charge in [-0.25, -0.2) is 0 Å². The molecule has 1 rings (SSSR count). The third-order valence-electron chi connectivity index (χ3n) is 3.75. The van der Waals surface area contributed by atoms with Crippen LogP contribution in [0.5, 0.6) is 0 Å². The van der Waals surface area contributed by atoms with Crippen molar-refractivity contribution >= 4 is 11.8 Å². The van der Waals surface area contributed by atoms with Gasteiger partial charge in [-0.05, 0) is 31.4 Å². The average Bonchev–Trinajstić information content (AvgIpc) is 2.54. The summed E-state index contributed by atoms with van der Waals surface area (Å²) in [6, 6.07) is 10.1. The molecule has 0 aliphatic heterocycles. The number of thioether (sulfide) groups is 1. The van der Waals surface area contributed by atoms with Crippen LogP contribution < -0.4 is 0 Å². The van der Waals surface area contributed by atoms with E-state index in [2.05, 4.69) is 25.3 Å². The van der Waals surface area contributed by atoms with Gasteiger partial charge >= 0.3 is 0 Å². The molecule has 0 saturated carbocycles. The van der Waals surface area contributed by atoms with Gasteiger partial charge in [-0.3, -0.25) is 0 Å². The topological polar surface area (TPSA) is 20.2 Å². The fourth-order valence-corrected chi connectivity index (χ4v) is 3.23. The molecule has 0 heterocycles. The van der Waals surface area contributed by atoms with E-state index in [9.17, 15) is 5.11 Å². The standard InChI is InChI=1S/C20H30OS/c1-3-4-5-6-7-8-9-10-14-17-20(21)18(2)22-19-15-12-11-13-16-19/h3,11-13,15-16,20-21H,1-2,4-10,14,17H2. The maximum atomic E-state index is 10.1. The predicted octanol–water partition coefficient (Wildman–Crippen LogP) is 6.35. The summed E-state index contributed by atoms with van der Waals surface area (Å²) in [5.41, 5.74) is 0. The maximum absolute atomic E-state index is 10.1. The molecule has 0 spiro atoms. The molecule has 0 fully saturated rings. The van der Waals surface area contributed by atoms with Crippen molar-refractivity contribution in [1.82, 2.24) is 0 Å². The zero-order valence-electron chi connectivity index (χ0n) is 13.7. The van der Waals surface area contributed by atoms with Gasteiger partial charge < -0.3 is 5.11 Å². The first kappa shape index (κ1) is 19.1. The number of unbranched alkanes of at least 4 members (excludes halogenated alkanes) is 7. The third-order valence-corrected chi connectivity index (χ3v) is 4.79. The summed E-state index contributed by atoms with van der Waals surface area (Å²) in [4.78, 5) is 2.00. The minimum Gasteiger partial charge on any atom is -0.388 e. The molecule has 0 aliphatic carbocycles. The molecule has 1 aromatic carbocycles. The van der Waals surface area contributed by atoms with Gasteiger partial charge in [0.1, 0.15) is 0 Å². The molecule has 0 bridgehead atoms. The fraction of sp³-hybridized carbons (Fsp3) is 0.500. The van der Waals surface area contributed by atoms with Gasteiger partial charge in [0.05, 0.1) is 6.10 Å². The Morgan fingerprint density at radius 1 is 1.00 bits per heavy atom. The highest BCUT2D eigenvalue weighted by Gasteiger charge is 2.09. The van der Waals surface area contributed by atoms with E-state index in [0.717, 1.165) is 29.1 Å². The summed E-state index contributed by atoms with van der Waals surface area (Å²) >= 11 is 1.58. The number of aliphatic hydroxyl groups is 1. The minimum atomic E-state index is -0.391. The first-order chi connectivity index (χ1) is 10.7. The van der Waals surface area contributed by atoms with Gasteiger partial charge in [0.15, 0.2) is 0 Å². The van der Waals surface area contributed by atoms with Crippen LogP contribution in [-0.2, 0) is 0 Å². The van der Waals surface area contributed by atoms with Crippen molar-refractivity contribution in [2.75, 3.05) is 0 Å². The second kappa shape index (κ2) is 12.5. The van der Waals surface area contributed by atoms with Gasteiger partial charge in [-0.1, -0.05) is 81.1 Å². The Morgan fingerprint density at radius 3 is 2.23 bits per heavy atom. The van der Waals surface area contributed by atoms with Crippen LogP contribution in [0.2, 0.25) is 0 Å². The summed E-state index contributed by atoms with van der Waals surface area (Å²) in [6.45, 7) is 7.76. The molecule has 1 atom stereocenters. The zero-order valence-corrected chi connectivity index (χ0v) is 14.5. The molecule has 122 valence electrons. The number of allylic oxidation sites excluding steroid dienone is 1. The SMILES string of the molecule is C=CCCCCCCCCCC(O)C(=C)Sc1ccccc1. The zero-order chi connectivity index (χ0) is 16.0. The molecular formula is C20H30OS. The van der Waals surface area contributed by atoms with Crippen molar-refractivity contribution in [2.24, 2.45) is 0 Å². The fourth-order valence-electron chi connectivity index (χ4n) is 2.38. The highest BCUT2D eigenvalue weighted by atomic mass is 32.2. The first-order valence-electron chi connectivity index (χ1n) is 8.44. The normalized spacial score (nSPS) is 12.0. The van der Waals surface area contributed by atoms with E-state index in [1.54, 1.807) is 11.8 Å². The molecular weight excluding hydrogens is 288 g/mol. The summed E-state index contributed by atoms with van der Waals surface area (Å²) in [5.74, 6) is 0. The lowest BCUT2D eigenvalue weighted by Crippen LogP contribution is -2.06. The Morgan fingerprint density at radius 2 is 1.59 bits per heavy atom. The van der Waals surface area contributed by atoms with E-state index in [1.807, 2.05) is 24.3 Å². The van der Waals surface area contributed by atoms with Gasteiger partial charge in [-0.15, -0.1) is 6.58 Å². The Labute approximate surface area is 140 Å². The van der Waals surface area contributed by atoms with E-state index in [-0.39, 0.29) is 0 Å². The molecule has 1 aromatic rings.